The summed E-state index contributed by atoms with van der Waals surface area (Å²) in [6.45, 7) is 7.56. The zero-order valence-corrected chi connectivity index (χ0v) is 12.2. The molecule has 15 heavy (non-hydrogen) atoms. The van der Waals surface area contributed by atoms with Gasteiger partial charge in [-0.25, -0.2) is 0 Å². The Morgan fingerprint density at radius 2 is 1.40 bits per heavy atom. The number of rotatable bonds is 5. The molecule has 0 unspecified atom stereocenters. The van der Waals surface area contributed by atoms with Crippen LogP contribution in [0.15, 0.2) is 0 Å². The number of carbonyl (C=O) groups is 2. The summed E-state index contributed by atoms with van der Waals surface area (Å²) in [5.74, 6) is -1.90. The van der Waals surface area contributed by atoms with E-state index >= 15 is 0 Å². The summed E-state index contributed by atoms with van der Waals surface area (Å²) < 4.78 is 9.59. The first-order valence-electron chi connectivity index (χ1n) is 4.87. The fraction of sp³-hybridized carbons (Fsp3) is 0.800. The van der Waals surface area contributed by atoms with Gasteiger partial charge < -0.3 is 10.9 Å². The van der Waals surface area contributed by atoms with E-state index in [2.05, 4.69) is 0 Å². The van der Waals surface area contributed by atoms with Gasteiger partial charge in [-0.1, -0.05) is 13.8 Å². The van der Waals surface area contributed by atoms with Crippen molar-refractivity contribution < 1.29 is 50.0 Å². The van der Waals surface area contributed by atoms with Crippen molar-refractivity contribution in [2.24, 2.45) is 11.8 Å². The molecule has 0 aliphatic carbocycles. The number of ether oxygens (including phenoxy) is 2. The van der Waals surface area contributed by atoms with Gasteiger partial charge in [-0.15, -0.1) is 0 Å². The Balaban J connectivity index is -0.000000845. The maximum absolute atomic E-state index is 11.4. The minimum absolute atomic E-state index is 0. The quantitative estimate of drug-likeness (QED) is 0.325. The van der Waals surface area contributed by atoms with Gasteiger partial charge in [-0.3, -0.25) is 9.59 Å². The summed E-state index contributed by atoms with van der Waals surface area (Å²) in [6, 6.07) is 0. The van der Waals surface area contributed by atoms with Crippen molar-refractivity contribution in [3.05, 3.63) is 0 Å². The van der Waals surface area contributed by atoms with E-state index in [4.69, 9.17) is 9.47 Å². The summed E-state index contributed by atoms with van der Waals surface area (Å²) in [5, 5.41) is 0. The predicted molar refractivity (Wildman–Crippen MR) is 52.7 cm³/mol. The Kier molecular flexibility index (Phi) is 10.6. The van der Waals surface area contributed by atoms with Crippen LogP contribution >= 0.6 is 0 Å². The predicted octanol–water partition coefficient (Wildman–Crippen LogP) is -1.50. The average molecular weight is 226 g/mol. The molecule has 0 aromatic carbocycles. The Morgan fingerprint density at radius 3 is 1.60 bits per heavy atom. The minimum atomic E-state index is -0.796. The van der Waals surface area contributed by atoms with Gasteiger partial charge in [0.2, 0.25) is 0 Å². The van der Waals surface area contributed by atoms with Crippen molar-refractivity contribution in [2.75, 3.05) is 13.2 Å². The summed E-state index contributed by atoms with van der Waals surface area (Å²) >= 11 is 0. The Bertz CT molecular complexity index is 191. The third-order valence-corrected chi connectivity index (χ3v) is 1.75. The second-order valence-electron chi connectivity index (χ2n) is 3.23. The number of carbonyl (C=O) groups excluding carboxylic acids is 2. The summed E-state index contributed by atoms with van der Waals surface area (Å²) in [7, 11) is 0. The van der Waals surface area contributed by atoms with E-state index in [1.807, 2.05) is 0 Å². The van der Waals surface area contributed by atoms with Gasteiger partial charge in [0.15, 0.2) is 5.92 Å². The number of esters is 2. The fourth-order valence-electron chi connectivity index (χ4n) is 1.10. The van der Waals surface area contributed by atoms with Crippen LogP contribution in [0.3, 0.4) is 0 Å². The SMILES string of the molecule is CCOC(=O)C(C(=O)OCC)C(C)C.[H-].[Na+]. The van der Waals surface area contributed by atoms with Crippen molar-refractivity contribution in [3.8, 4) is 0 Å². The molecule has 0 aromatic rings. The first-order valence-corrected chi connectivity index (χ1v) is 4.87. The van der Waals surface area contributed by atoms with Crippen molar-refractivity contribution in [2.45, 2.75) is 27.7 Å². The normalized spacial score (nSPS) is 9.73. The van der Waals surface area contributed by atoms with Crippen LogP contribution in [0.25, 0.3) is 0 Å². The van der Waals surface area contributed by atoms with E-state index in [0.717, 1.165) is 0 Å². The van der Waals surface area contributed by atoms with Gasteiger partial charge in [0, 0.05) is 0 Å². The monoisotopic (exact) mass is 226 g/mol. The third kappa shape index (κ3) is 6.17. The Hall–Kier alpha value is -0.0600. The maximum Gasteiger partial charge on any atom is 1.00 e. The molecular weight excluding hydrogens is 207 g/mol. The van der Waals surface area contributed by atoms with Crippen LogP contribution in [0.2, 0.25) is 0 Å². The molecule has 84 valence electrons. The smallest absolute Gasteiger partial charge is 1.00 e. The molecule has 0 aliphatic heterocycles. The molecule has 0 spiro atoms. The zero-order valence-electron chi connectivity index (χ0n) is 11.2. The summed E-state index contributed by atoms with van der Waals surface area (Å²) in [6.07, 6.45) is 0. The van der Waals surface area contributed by atoms with Gasteiger partial charge in [0.25, 0.3) is 0 Å². The van der Waals surface area contributed by atoms with Crippen LogP contribution in [0.1, 0.15) is 29.1 Å². The minimum Gasteiger partial charge on any atom is -1.00 e. The molecule has 0 aromatic heterocycles. The van der Waals surface area contributed by atoms with Gasteiger partial charge in [0.05, 0.1) is 13.2 Å². The molecule has 0 N–H and O–H groups in total. The van der Waals surface area contributed by atoms with Crippen LogP contribution < -0.4 is 29.6 Å². The molecule has 0 heterocycles. The summed E-state index contributed by atoms with van der Waals surface area (Å²) in [4.78, 5) is 22.8. The largest absolute Gasteiger partial charge is 1.00 e. The molecule has 5 heteroatoms. The third-order valence-electron chi connectivity index (χ3n) is 1.75. The van der Waals surface area contributed by atoms with E-state index < -0.39 is 17.9 Å². The second-order valence-corrected chi connectivity index (χ2v) is 3.23. The van der Waals surface area contributed by atoms with Gasteiger partial charge in [-0.2, -0.15) is 0 Å². The molecule has 0 aliphatic rings. The van der Waals surface area contributed by atoms with Crippen LogP contribution in [0.5, 0.6) is 0 Å². The van der Waals surface area contributed by atoms with Crippen LogP contribution in [-0.2, 0) is 19.1 Å². The zero-order chi connectivity index (χ0) is 11.1. The van der Waals surface area contributed by atoms with Crippen molar-refractivity contribution in [1.29, 1.82) is 0 Å². The average Bonchev–Trinajstić information content (AvgIpc) is 2.04. The molecule has 0 saturated carbocycles. The molecule has 4 nitrogen and oxygen atoms in total. The molecule has 0 fully saturated rings. The van der Waals surface area contributed by atoms with E-state index in [9.17, 15) is 9.59 Å². The molecule has 0 atom stereocenters. The maximum atomic E-state index is 11.4. The molecule has 0 amide bonds. The second kappa shape index (κ2) is 9.19. The van der Waals surface area contributed by atoms with E-state index in [0.29, 0.717) is 0 Å². The summed E-state index contributed by atoms with van der Waals surface area (Å²) in [5.41, 5.74) is 0. The van der Waals surface area contributed by atoms with Gasteiger partial charge >= 0.3 is 41.5 Å². The Labute approximate surface area is 114 Å². The first kappa shape index (κ1) is 17.3. The molecule has 0 radical (unpaired) electrons. The number of hydrogen-bond acceptors (Lipinski definition) is 4. The topological polar surface area (TPSA) is 52.6 Å². The first-order chi connectivity index (χ1) is 6.54. The molecule has 0 rings (SSSR count). The van der Waals surface area contributed by atoms with Crippen LogP contribution in [0, 0.1) is 11.8 Å². The van der Waals surface area contributed by atoms with E-state index in [1.165, 1.54) is 0 Å². The molecule has 0 bridgehead atoms. The molecule has 0 saturated heterocycles. The van der Waals surface area contributed by atoms with Crippen molar-refractivity contribution in [3.63, 3.8) is 0 Å². The van der Waals surface area contributed by atoms with Crippen LogP contribution in [0.4, 0.5) is 0 Å². The van der Waals surface area contributed by atoms with Crippen molar-refractivity contribution >= 4 is 11.9 Å². The Morgan fingerprint density at radius 1 is 1.07 bits per heavy atom. The molecular formula is C10H19NaO4. The van der Waals surface area contributed by atoms with Crippen LogP contribution in [-0.4, -0.2) is 25.2 Å². The van der Waals surface area contributed by atoms with Gasteiger partial charge in [-0.05, 0) is 19.8 Å². The standard InChI is InChI=1S/C10H18O4.Na.H/c1-5-13-9(11)8(7(3)4)10(12)14-6-2;;/h7-8H,5-6H2,1-4H3;;/q;+1;-1. The van der Waals surface area contributed by atoms with E-state index in [1.54, 1.807) is 27.7 Å². The van der Waals surface area contributed by atoms with Gasteiger partial charge in [0.1, 0.15) is 0 Å². The van der Waals surface area contributed by atoms with E-state index in [-0.39, 0.29) is 50.1 Å². The fourth-order valence-corrected chi connectivity index (χ4v) is 1.10. The number of hydrogen-bond donors (Lipinski definition) is 0. The van der Waals surface area contributed by atoms with Crippen molar-refractivity contribution in [1.82, 2.24) is 0 Å².